The van der Waals surface area contributed by atoms with Crippen molar-refractivity contribution in [2.24, 2.45) is 5.92 Å². The van der Waals surface area contributed by atoms with Gasteiger partial charge < -0.3 is 30.3 Å². The first-order valence-electron chi connectivity index (χ1n) is 14.7. The maximum atomic E-state index is 14.2. The summed E-state index contributed by atoms with van der Waals surface area (Å²) < 4.78 is 34.3. The SMILES string of the molecule is CN(C(=O)COc1ccccc1N(CCC1CCCCC1)C(=O)CNC(=O)Nc1cccc(C(=O)O)c1)c1c(F)cccc1F. The van der Waals surface area contributed by atoms with Gasteiger partial charge in [-0.3, -0.25) is 9.59 Å². The summed E-state index contributed by atoms with van der Waals surface area (Å²) in [5, 5.41) is 14.2. The summed E-state index contributed by atoms with van der Waals surface area (Å²) in [7, 11) is 1.24. The molecule has 12 heteroatoms. The van der Waals surface area contributed by atoms with Crippen LogP contribution in [0.3, 0.4) is 0 Å². The Morgan fingerprint density at radius 2 is 1.60 bits per heavy atom. The van der Waals surface area contributed by atoms with Crippen molar-refractivity contribution in [2.75, 3.05) is 41.9 Å². The van der Waals surface area contributed by atoms with Gasteiger partial charge in [-0.25, -0.2) is 18.4 Å². The molecule has 4 amide bonds. The van der Waals surface area contributed by atoms with Crippen LogP contribution < -0.4 is 25.2 Å². The molecular weight excluding hydrogens is 586 g/mol. The number of benzene rings is 3. The Morgan fingerprint density at radius 1 is 0.911 bits per heavy atom. The Hall–Kier alpha value is -5.00. The Labute approximate surface area is 260 Å². The van der Waals surface area contributed by atoms with E-state index in [-0.39, 0.29) is 23.5 Å². The number of carboxylic acid groups (broad SMARTS) is 1. The summed E-state index contributed by atoms with van der Waals surface area (Å²) in [6.45, 7) is -0.595. The fourth-order valence-corrected chi connectivity index (χ4v) is 5.30. The van der Waals surface area contributed by atoms with Crippen LogP contribution >= 0.6 is 0 Å². The number of rotatable bonds is 12. The van der Waals surface area contributed by atoms with E-state index in [0.29, 0.717) is 18.2 Å². The van der Waals surface area contributed by atoms with E-state index in [2.05, 4.69) is 10.6 Å². The third-order valence-electron chi connectivity index (χ3n) is 7.71. The molecule has 0 aromatic heterocycles. The number of hydrogen-bond acceptors (Lipinski definition) is 5. The Bertz CT molecular complexity index is 1510. The highest BCUT2D eigenvalue weighted by Crippen LogP contribution is 2.32. The number of likely N-dealkylation sites (N-methyl/N-ethyl adjacent to an activating group) is 1. The Balaban J connectivity index is 1.46. The average molecular weight is 623 g/mol. The summed E-state index contributed by atoms with van der Waals surface area (Å²) >= 11 is 0. The molecule has 1 aliphatic carbocycles. The van der Waals surface area contributed by atoms with Gasteiger partial charge in [-0.2, -0.15) is 0 Å². The van der Waals surface area contributed by atoms with E-state index in [4.69, 9.17) is 4.74 Å². The monoisotopic (exact) mass is 622 g/mol. The van der Waals surface area contributed by atoms with Crippen molar-refractivity contribution in [3.8, 4) is 5.75 Å². The second-order valence-corrected chi connectivity index (χ2v) is 10.8. The molecule has 3 N–H and O–H groups in total. The first-order valence-corrected chi connectivity index (χ1v) is 14.7. The van der Waals surface area contributed by atoms with Crippen molar-refractivity contribution in [1.29, 1.82) is 0 Å². The number of carbonyl (C=O) groups excluding carboxylic acids is 3. The van der Waals surface area contributed by atoms with E-state index < -0.39 is 47.7 Å². The predicted octanol–water partition coefficient (Wildman–Crippen LogP) is 5.83. The van der Waals surface area contributed by atoms with Crippen LogP contribution in [0.2, 0.25) is 0 Å². The zero-order valence-electron chi connectivity index (χ0n) is 24.9. The van der Waals surface area contributed by atoms with Crippen molar-refractivity contribution in [1.82, 2.24) is 5.32 Å². The number of nitrogens with zero attached hydrogens (tertiary/aromatic N) is 2. The van der Waals surface area contributed by atoms with Crippen molar-refractivity contribution in [3.63, 3.8) is 0 Å². The lowest BCUT2D eigenvalue weighted by Crippen LogP contribution is -2.42. The number of anilines is 3. The number of carbonyl (C=O) groups is 4. The summed E-state index contributed by atoms with van der Waals surface area (Å²) in [6, 6.07) is 14.9. The molecule has 3 aromatic rings. The molecular formula is C33H36F2N4O6. The molecule has 0 bridgehead atoms. The third-order valence-corrected chi connectivity index (χ3v) is 7.71. The molecule has 0 heterocycles. The molecule has 0 saturated heterocycles. The number of nitrogens with one attached hydrogen (secondary N) is 2. The van der Waals surface area contributed by atoms with Gasteiger partial charge in [0.15, 0.2) is 6.61 Å². The molecule has 0 aliphatic heterocycles. The van der Waals surface area contributed by atoms with E-state index in [1.807, 2.05) is 0 Å². The first-order chi connectivity index (χ1) is 21.6. The lowest BCUT2D eigenvalue weighted by molar-refractivity contribution is -0.120. The van der Waals surface area contributed by atoms with Gasteiger partial charge in [0.2, 0.25) is 5.91 Å². The average Bonchev–Trinajstić information content (AvgIpc) is 3.03. The topological polar surface area (TPSA) is 128 Å². The van der Waals surface area contributed by atoms with Gasteiger partial charge in [0, 0.05) is 19.3 Å². The minimum atomic E-state index is -1.14. The lowest BCUT2D eigenvalue weighted by Gasteiger charge is -2.29. The smallest absolute Gasteiger partial charge is 0.335 e. The molecule has 10 nitrogen and oxygen atoms in total. The largest absolute Gasteiger partial charge is 0.482 e. The van der Waals surface area contributed by atoms with Crippen LogP contribution in [0.5, 0.6) is 5.75 Å². The van der Waals surface area contributed by atoms with E-state index in [9.17, 15) is 33.1 Å². The Morgan fingerprint density at radius 3 is 2.31 bits per heavy atom. The van der Waals surface area contributed by atoms with E-state index >= 15 is 0 Å². The summed E-state index contributed by atoms with van der Waals surface area (Å²) in [5.41, 5.74) is 0.126. The number of amides is 4. The highest BCUT2D eigenvalue weighted by Gasteiger charge is 2.24. The van der Waals surface area contributed by atoms with Crippen molar-refractivity contribution in [3.05, 3.63) is 83.9 Å². The zero-order valence-corrected chi connectivity index (χ0v) is 24.9. The molecule has 0 unspecified atom stereocenters. The Kier molecular flexibility index (Phi) is 11.4. The maximum Gasteiger partial charge on any atom is 0.335 e. The van der Waals surface area contributed by atoms with Gasteiger partial charge in [-0.15, -0.1) is 0 Å². The lowest BCUT2D eigenvalue weighted by atomic mass is 9.87. The standard InChI is InChI=1S/C33H36F2N4O6/c1-38(31-25(34)13-8-14-26(31)35)30(41)21-45-28-16-6-5-15-27(28)39(18-17-22-9-3-2-4-10-22)29(40)20-36-33(44)37-24-12-7-11-23(19-24)32(42)43/h5-8,11-16,19,22H,2-4,9-10,17-18,20-21H2,1H3,(H,42,43)(H2,36,37,44). The fraction of sp³-hybridized carbons (Fsp3) is 0.333. The number of urea groups is 1. The first kappa shape index (κ1) is 32.9. The summed E-state index contributed by atoms with van der Waals surface area (Å²) in [5.74, 6) is -3.43. The number of para-hydroxylation sites is 3. The van der Waals surface area contributed by atoms with Crippen LogP contribution in [-0.4, -0.2) is 55.7 Å². The van der Waals surface area contributed by atoms with Gasteiger partial charge in [0.1, 0.15) is 23.1 Å². The number of hydrogen-bond donors (Lipinski definition) is 3. The van der Waals surface area contributed by atoms with E-state index in [0.717, 1.165) is 49.1 Å². The minimum Gasteiger partial charge on any atom is -0.482 e. The third kappa shape index (κ3) is 9.01. The molecule has 0 spiro atoms. The van der Waals surface area contributed by atoms with E-state index in [1.54, 1.807) is 24.3 Å². The molecule has 1 saturated carbocycles. The second kappa shape index (κ2) is 15.6. The van der Waals surface area contributed by atoms with Crippen LogP contribution in [0.4, 0.5) is 30.6 Å². The molecule has 3 aromatic carbocycles. The molecule has 0 radical (unpaired) electrons. The molecule has 4 rings (SSSR count). The highest BCUT2D eigenvalue weighted by atomic mass is 19.1. The quantitative estimate of drug-likeness (QED) is 0.233. The van der Waals surface area contributed by atoms with Gasteiger partial charge in [0.05, 0.1) is 17.8 Å². The molecule has 1 fully saturated rings. The number of carboxylic acids is 1. The van der Waals surface area contributed by atoms with Crippen LogP contribution in [0.25, 0.3) is 0 Å². The maximum absolute atomic E-state index is 14.2. The second-order valence-electron chi connectivity index (χ2n) is 10.8. The molecule has 238 valence electrons. The van der Waals surface area contributed by atoms with Crippen LogP contribution in [0.15, 0.2) is 66.7 Å². The number of aromatic carboxylic acids is 1. The van der Waals surface area contributed by atoms with Gasteiger partial charge in [-0.05, 0) is 54.8 Å². The molecule has 1 aliphatic rings. The number of halogens is 2. The molecule has 0 atom stereocenters. The van der Waals surface area contributed by atoms with Gasteiger partial charge in [-0.1, -0.05) is 56.4 Å². The predicted molar refractivity (Wildman–Crippen MR) is 166 cm³/mol. The van der Waals surface area contributed by atoms with E-state index in [1.165, 1.54) is 48.7 Å². The van der Waals surface area contributed by atoms with Crippen LogP contribution in [0, 0.1) is 17.6 Å². The van der Waals surface area contributed by atoms with Crippen LogP contribution in [-0.2, 0) is 9.59 Å². The zero-order chi connectivity index (χ0) is 32.3. The van der Waals surface area contributed by atoms with Gasteiger partial charge >= 0.3 is 12.0 Å². The van der Waals surface area contributed by atoms with Crippen molar-refractivity contribution >= 4 is 40.9 Å². The van der Waals surface area contributed by atoms with Crippen LogP contribution in [0.1, 0.15) is 48.9 Å². The van der Waals surface area contributed by atoms with Crippen molar-refractivity contribution in [2.45, 2.75) is 38.5 Å². The molecule has 45 heavy (non-hydrogen) atoms. The van der Waals surface area contributed by atoms with Gasteiger partial charge in [0.25, 0.3) is 5.91 Å². The van der Waals surface area contributed by atoms with Crippen molar-refractivity contribution < 1.29 is 37.8 Å². The highest BCUT2D eigenvalue weighted by molar-refractivity contribution is 6.00. The number of ether oxygens (including phenoxy) is 1. The fourth-order valence-electron chi connectivity index (χ4n) is 5.30. The normalized spacial score (nSPS) is 13.0. The minimum absolute atomic E-state index is 0.00177. The summed E-state index contributed by atoms with van der Waals surface area (Å²) in [4.78, 5) is 52.6. The summed E-state index contributed by atoms with van der Waals surface area (Å²) in [6.07, 6.45) is 6.28.